The van der Waals surface area contributed by atoms with E-state index >= 15 is 0 Å². The number of carbonyl (C=O) groups is 3. The number of anilines is 1. The molecule has 0 spiro atoms. The molecule has 3 aliphatic heterocycles. The van der Waals surface area contributed by atoms with Crippen LogP contribution in [0, 0.1) is 11.8 Å². The van der Waals surface area contributed by atoms with Crippen molar-refractivity contribution in [1.29, 1.82) is 0 Å². The first-order valence-corrected chi connectivity index (χ1v) is 7.39. The van der Waals surface area contributed by atoms with E-state index in [0.717, 1.165) is 4.90 Å². The second kappa shape index (κ2) is 4.08. The Balaban J connectivity index is 1.75. The predicted octanol–water partition coefficient (Wildman–Crippen LogP) is 1.61. The van der Waals surface area contributed by atoms with E-state index in [2.05, 4.69) is 0 Å². The van der Waals surface area contributed by atoms with Crippen LogP contribution in [0.1, 0.15) is 24.2 Å². The van der Waals surface area contributed by atoms with Gasteiger partial charge in [-0.3, -0.25) is 9.59 Å². The van der Waals surface area contributed by atoms with E-state index in [-0.39, 0.29) is 17.4 Å². The van der Waals surface area contributed by atoms with Gasteiger partial charge < -0.3 is 9.84 Å². The molecule has 2 amide bonds. The molecule has 2 fully saturated rings. The number of fused-ring (bicyclic) bond motifs is 5. The molecule has 1 N–H and O–H groups in total. The van der Waals surface area contributed by atoms with Crippen LogP contribution in [0.2, 0.25) is 0 Å². The lowest BCUT2D eigenvalue weighted by Crippen LogP contribution is -2.39. The number of aromatic carboxylic acids is 1. The molecule has 6 heteroatoms. The van der Waals surface area contributed by atoms with E-state index in [1.165, 1.54) is 24.3 Å². The monoisotopic (exact) mass is 313 g/mol. The molecule has 6 nitrogen and oxygen atoms in total. The lowest BCUT2D eigenvalue weighted by molar-refractivity contribution is -0.128. The maximum Gasteiger partial charge on any atom is 0.335 e. The van der Waals surface area contributed by atoms with Crippen LogP contribution in [0.5, 0.6) is 0 Å². The summed E-state index contributed by atoms with van der Waals surface area (Å²) in [6, 6.07) is 5.75. The Labute approximate surface area is 132 Å². The highest BCUT2D eigenvalue weighted by Crippen LogP contribution is 2.57. The topological polar surface area (TPSA) is 83.9 Å². The number of benzene rings is 1. The van der Waals surface area contributed by atoms with Gasteiger partial charge in [-0.15, -0.1) is 0 Å². The van der Waals surface area contributed by atoms with Gasteiger partial charge in [-0.2, -0.15) is 0 Å². The summed E-state index contributed by atoms with van der Waals surface area (Å²) in [4.78, 5) is 37.7. The van der Waals surface area contributed by atoms with E-state index in [9.17, 15) is 14.4 Å². The molecule has 4 atom stereocenters. The molecule has 2 bridgehead atoms. The number of ether oxygens (including phenoxy) is 1. The van der Waals surface area contributed by atoms with Crippen LogP contribution >= 0.6 is 0 Å². The Morgan fingerprint density at radius 3 is 1.96 bits per heavy atom. The molecule has 3 heterocycles. The molecule has 1 aromatic carbocycles. The van der Waals surface area contributed by atoms with E-state index in [1.807, 2.05) is 26.0 Å². The van der Waals surface area contributed by atoms with Crippen molar-refractivity contribution in [3.63, 3.8) is 0 Å². The zero-order chi connectivity index (χ0) is 16.6. The van der Waals surface area contributed by atoms with Gasteiger partial charge in [0.1, 0.15) is 0 Å². The third-order valence-corrected chi connectivity index (χ3v) is 5.10. The molecule has 0 saturated carbocycles. The highest BCUT2D eigenvalue weighted by molar-refractivity contribution is 6.23. The fourth-order valence-electron chi connectivity index (χ4n) is 4.04. The Hall–Kier alpha value is -2.47. The highest BCUT2D eigenvalue weighted by atomic mass is 16.5. The summed E-state index contributed by atoms with van der Waals surface area (Å²) >= 11 is 0. The molecule has 1 aromatic rings. The zero-order valence-electron chi connectivity index (χ0n) is 12.6. The Morgan fingerprint density at radius 2 is 1.52 bits per heavy atom. The van der Waals surface area contributed by atoms with Crippen molar-refractivity contribution in [3.8, 4) is 0 Å². The van der Waals surface area contributed by atoms with Gasteiger partial charge in [0, 0.05) is 0 Å². The molecule has 3 aliphatic rings. The third-order valence-electron chi connectivity index (χ3n) is 5.10. The SMILES string of the molecule is C[C@]12C=C[C@](C)(O1)[C@@H]1C(=O)N(c3ccc(C(=O)O)cc3)C(=O)[C@@H]12. The van der Waals surface area contributed by atoms with Crippen LogP contribution in [0.15, 0.2) is 36.4 Å². The molecule has 4 rings (SSSR count). The first kappa shape index (κ1) is 14.1. The maximum atomic E-state index is 12.8. The van der Waals surface area contributed by atoms with Gasteiger partial charge in [-0.1, -0.05) is 12.2 Å². The van der Waals surface area contributed by atoms with Crippen LogP contribution in [-0.4, -0.2) is 34.1 Å². The average molecular weight is 313 g/mol. The van der Waals surface area contributed by atoms with Gasteiger partial charge >= 0.3 is 5.97 Å². The zero-order valence-corrected chi connectivity index (χ0v) is 12.6. The van der Waals surface area contributed by atoms with Crippen molar-refractivity contribution < 1.29 is 24.2 Å². The quantitative estimate of drug-likeness (QED) is 0.662. The molecular formula is C17H15NO5. The summed E-state index contributed by atoms with van der Waals surface area (Å²) in [5, 5.41) is 8.95. The van der Waals surface area contributed by atoms with Crippen molar-refractivity contribution in [3.05, 3.63) is 42.0 Å². The average Bonchev–Trinajstić information content (AvgIpc) is 3.04. The standard InChI is InChI=1S/C17H15NO5/c1-16-7-8-17(2,23-16)12-11(16)13(19)18(14(12)20)10-5-3-9(4-6-10)15(21)22/h3-8,11-12H,1-2H3,(H,21,22)/t11-,12+,16-,17+. The number of imide groups is 1. The molecule has 0 aliphatic carbocycles. The van der Waals surface area contributed by atoms with Crippen LogP contribution in [0.3, 0.4) is 0 Å². The number of hydrogen-bond acceptors (Lipinski definition) is 4. The second-order valence-corrected chi connectivity index (χ2v) is 6.62. The summed E-state index contributed by atoms with van der Waals surface area (Å²) < 4.78 is 5.93. The van der Waals surface area contributed by atoms with Gasteiger partial charge in [0.25, 0.3) is 0 Å². The summed E-state index contributed by atoms with van der Waals surface area (Å²) in [7, 11) is 0. The second-order valence-electron chi connectivity index (χ2n) is 6.62. The molecule has 0 radical (unpaired) electrons. The van der Waals surface area contributed by atoms with E-state index in [4.69, 9.17) is 9.84 Å². The van der Waals surface area contributed by atoms with Gasteiger partial charge in [0.2, 0.25) is 11.8 Å². The number of carboxylic acids is 1. The molecule has 0 aromatic heterocycles. The lowest BCUT2D eigenvalue weighted by atomic mass is 9.73. The fraction of sp³-hybridized carbons (Fsp3) is 0.353. The Bertz CT molecular complexity index is 747. The van der Waals surface area contributed by atoms with E-state index in [1.54, 1.807) is 0 Å². The first-order valence-electron chi connectivity index (χ1n) is 7.39. The maximum absolute atomic E-state index is 12.8. The molecule has 118 valence electrons. The van der Waals surface area contributed by atoms with Crippen LogP contribution in [-0.2, 0) is 14.3 Å². The van der Waals surface area contributed by atoms with Gasteiger partial charge in [0.15, 0.2) is 0 Å². The minimum Gasteiger partial charge on any atom is -0.478 e. The van der Waals surface area contributed by atoms with Crippen molar-refractivity contribution in [2.45, 2.75) is 25.0 Å². The Morgan fingerprint density at radius 1 is 1.04 bits per heavy atom. The molecular weight excluding hydrogens is 298 g/mol. The number of rotatable bonds is 2. The molecule has 23 heavy (non-hydrogen) atoms. The largest absolute Gasteiger partial charge is 0.478 e. The number of nitrogens with zero attached hydrogens (tertiary/aromatic N) is 1. The van der Waals surface area contributed by atoms with E-state index < -0.39 is 29.0 Å². The summed E-state index contributed by atoms with van der Waals surface area (Å²) in [6.45, 7) is 3.64. The Kier molecular flexibility index (Phi) is 2.51. The van der Waals surface area contributed by atoms with Crippen molar-refractivity contribution >= 4 is 23.5 Å². The highest BCUT2D eigenvalue weighted by Gasteiger charge is 2.70. The van der Waals surface area contributed by atoms with Gasteiger partial charge in [0.05, 0.1) is 34.3 Å². The number of amides is 2. The summed E-state index contributed by atoms with van der Waals surface area (Å²) in [5.41, 5.74) is -1.02. The lowest BCUT2D eigenvalue weighted by Gasteiger charge is -2.25. The van der Waals surface area contributed by atoms with Gasteiger partial charge in [-0.05, 0) is 38.1 Å². The van der Waals surface area contributed by atoms with Crippen molar-refractivity contribution in [2.24, 2.45) is 11.8 Å². The summed E-state index contributed by atoms with van der Waals surface area (Å²) in [5.74, 6) is -2.71. The van der Waals surface area contributed by atoms with Crippen LogP contribution in [0.25, 0.3) is 0 Å². The molecule has 0 unspecified atom stereocenters. The normalized spacial score (nSPS) is 37.6. The van der Waals surface area contributed by atoms with Crippen LogP contribution < -0.4 is 4.90 Å². The molecule has 2 saturated heterocycles. The van der Waals surface area contributed by atoms with Crippen molar-refractivity contribution in [1.82, 2.24) is 0 Å². The first-order chi connectivity index (χ1) is 10.8. The van der Waals surface area contributed by atoms with E-state index in [0.29, 0.717) is 5.69 Å². The predicted molar refractivity (Wildman–Crippen MR) is 79.9 cm³/mol. The fourth-order valence-corrected chi connectivity index (χ4v) is 4.04. The van der Waals surface area contributed by atoms with Crippen LogP contribution in [0.4, 0.5) is 5.69 Å². The number of carboxylic acid groups (broad SMARTS) is 1. The number of hydrogen-bond donors (Lipinski definition) is 1. The van der Waals surface area contributed by atoms with Crippen molar-refractivity contribution in [2.75, 3.05) is 4.90 Å². The summed E-state index contributed by atoms with van der Waals surface area (Å²) in [6.07, 6.45) is 3.72. The minimum absolute atomic E-state index is 0.108. The number of carbonyl (C=O) groups excluding carboxylic acids is 2. The smallest absolute Gasteiger partial charge is 0.335 e. The third kappa shape index (κ3) is 1.64. The van der Waals surface area contributed by atoms with Gasteiger partial charge in [-0.25, -0.2) is 9.69 Å². The minimum atomic E-state index is -1.05.